The average molecular weight is 332 g/mol. The van der Waals surface area contributed by atoms with Crippen molar-refractivity contribution in [2.24, 2.45) is 0 Å². The molecule has 0 N–H and O–H groups in total. The summed E-state index contributed by atoms with van der Waals surface area (Å²) in [6.07, 6.45) is 1.71. The van der Waals surface area contributed by atoms with E-state index in [1.165, 1.54) is 13.2 Å². The summed E-state index contributed by atoms with van der Waals surface area (Å²) in [6.45, 7) is 4.03. The summed E-state index contributed by atoms with van der Waals surface area (Å²) in [5.74, 6) is 0.944. The van der Waals surface area contributed by atoms with E-state index < -0.39 is 4.92 Å². The van der Waals surface area contributed by atoms with Crippen LogP contribution < -0.4 is 9.47 Å². The molecule has 0 aromatic heterocycles. The fourth-order valence-electron chi connectivity index (χ4n) is 1.75. The van der Waals surface area contributed by atoms with Gasteiger partial charge in [0, 0.05) is 10.9 Å². The van der Waals surface area contributed by atoms with E-state index >= 15 is 0 Å². The van der Waals surface area contributed by atoms with Crippen LogP contribution in [0.2, 0.25) is 0 Å². The second kappa shape index (κ2) is 7.33. The maximum absolute atomic E-state index is 11.0. The van der Waals surface area contributed by atoms with E-state index in [0.717, 1.165) is 12.8 Å². The first-order valence-corrected chi connectivity index (χ1v) is 7.27. The molecule has 0 amide bonds. The summed E-state index contributed by atoms with van der Waals surface area (Å²) in [4.78, 5) is 10.6. The standard InChI is InChI=1S/C13H18BrNO4/c1-4-10(5-2)19-13-7-11(15(16)17)9(8-14)6-12(13)18-3/h6-7,10H,4-5,8H2,1-3H3. The molecule has 19 heavy (non-hydrogen) atoms. The predicted molar refractivity (Wildman–Crippen MR) is 77.3 cm³/mol. The quantitative estimate of drug-likeness (QED) is 0.429. The molecule has 0 heterocycles. The van der Waals surface area contributed by atoms with Crippen LogP contribution in [0.4, 0.5) is 5.69 Å². The highest BCUT2D eigenvalue weighted by atomic mass is 79.9. The van der Waals surface area contributed by atoms with Crippen LogP contribution >= 0.6 is 15.9 Å². The number of alkyl halides is 1. The zero-order chi connectivity index (χ0) is 14.4. The van der Waals surface area contributed by atoms with Crippen LogP contribution in [-0.4, -0.2) is 18.1 Å². The molecule has 0 unspecified atom stereocenters. The van der Waals surface area contributed by atoms with Gasteiger partial charge < -0.3 is 9.47 Å². The van der Waals surface area contributed by atoms with E-state index in [0.29, 0.717) is 22.4 Å². The Labute approximate surface area is 121 Å². The van der Waals surface area contributed by atoms with Crippen molar-refractivity contribution in [3.05, 3.63) is 27.8 Å². The van der Waals surface area contributed by atoms with Crippen molar-refractivity contribution in [1.82, 2.24) is 0 Å². The fourth-order valence-corrected chi connectivity index (χ4v) is 2.20. The number of hydrogen-bond donors (Lipinski definition) is 0. The predicted octanol–water partition coefficient (Wildman–Crippen LogP) is 4.07. The lowest BCUT2D eigenvalue weighted by molar-refractivity contribution is -0.385. The highest BCUT2D eigenvalue weighted by Crippen LogP contribution is 2.36. The third kappa shape index (κ3) is 3.83. The molecule has 0 spiro atoms. The Bertz CT molecular complexity index is 447. The van der Waals surface area contributed by atoms with Gasteiger partial charge in [-0.2, -0.15) is 0 Å². The molecule has 0 saturated heterocycles. The molecule has 0 atom stereocenters. The number of benzene rings is 1. The minimum absolute atomic E-state index is 0.0309. The number of nitro benzene ring substituents is 1. The van der Waals surface area contributed by atoms with Gasteiger partial charge >= 0.3 is 0 Å². The Morgan fingerprint density at radius 3 is 2.37 bits per heavy atom. The van der Waals surface area contributed by atoms with Gasteiger partial charge in [-0.05, 0) is 18.9 Å². The van der Waals surface area contributed by atoms with Gasteiger partial charge in [-0.15, -0.1) is 0 Å². The molecule has 106 valence electrons. The van der Waals surface area contributed by atoms with E-state index in [9.17, 15) is 10.1 Å². The van der Waals surface area contributed by atoms with Crippen LogP contribution in [0, 0.1) is 10.1 Å². The smallest absolute Gasteiger partial charge is 0.277 e. The number of ether oxygens (including phenoxy) is 2. The number of halogens is 1. The molecule has 0 saturated carbocycles. The fraction of sp³-hybridized carbons (Fsp3) is 0.538. The number of nitro groups is 1. The number of nitrogens with zero attached hydrogens (tertiary/aromatic N) is 1. The molecule has 0 radical (unpaired) electrons. The third-order valence-electron chi connectivity index (χ3n) is 2.91. The largest absolute Gasteiger partial charge is 0.493 e. The highest BCUT2D eigenvalue weighted by Gasteiger charge is 2.20. The van der Waals surface area contributed by atoms with Gasteiger partial charge in [-0.25, -0.2) is 0 Å². The Kier molecular flexibility index (Phi) is 6.08. The van der Waals surface area contributed by atoms with E-state index in [1.807, 2.05) is 13.8 Å². The second-order valence-corrected chi connectivity index (χ2v) is 4.64. The zero-order valence-electron chi connectivity index (χ0n) is 11.3. The summed E-state index contributed by atoms with van der Waals surface area (Å²) in [5, 5.41) is 11.4. The van der Waals surface area contributed by atoms with Gasteiger partial charge in [0.25, 0.3) is 5.69 Å². The second-order valence-electron chi connectivity index (χ2n) is 4.08. The van der Waals surface area contributed by atoms with E-state index in [1.54, 1.807) is 6.07 Å². The molecule has 0 aliphatic carbocycles. The van der Waals surface area contributed by atoms with Gasteiger partial charge in [0.2, 0.25) is 0 Å². The molecular weight excluding hydrogens is 314 g/mol. The molecular formula is C13H18BrNO4. The highest BCUT2D eigenvalue weighted by molar-refractivity contribution is 9.08. The van der Waals surface area contributed by atoms with Crippen molar-refractivity contribution in [2.45, 2.75) is 38.1 Å². The third-order valence-corrected chi connectivity index (χ3v) is 3.51. The average Bonchev–Trinajstić information content (AvgIpc) is 2.43. The van der Waals surface area contributed by atoms with Gasteiger partial charge in [0.15, 0.2) is 11.5 Å². The Balaban J connectivity index is 3.21. The van der Waals surface area contributed by atoms with Crippen LogP contribution in [0.3, 0.4) is 0 Å². The van der Waals surface area contributed by atoms with Gasteiger partial charge in [0.05, 0.1) is 24.2 Å². The molecule has 0 fully saturated rings. The topological polar surface area (TPSA) is 61.6 Å². The minimum Gasteiger partial charge on any atom is -0.493 e. The first-order valence-electron chi connectivity index (χ1n) is 6.15. The number of rotatable bonds is 7. The summed E-state index contributed by atoms with van der Waals surface area (Å²) >= 11 is 3.24. The van der Waals surface area contributed by atoms with Crippen molar-refractivity contribution in [2.75, 3.05) is 7.11 Å². The maximum atomic E-state index is 11.0. The molecule has 1 aromatic carbocycles. The summed E-state index contributed by atoms with van der Waals surface area (Å²) < 4.78 is 11.0. The van der Waals surface area contributed by atoms with Gasteiger partial charge in [0.1, 0.15) is 0 Å². The van der Waals surface area contributed by atoms with Crippen molar-refractivity contribution >= 4 is 21.6 Å². The SMILES string of the molecule is CCC(CC)Oc1cc([N+](=O)[O-])c(CBr)cc1OC. The van der Waals surface area contributed by atoms with Crippen molar-refractivity contribution < 1.29 is 14.4 Å². The summed E-state index contributed by atoms with van der Waals surface area (Å²) in [5.41, 5.74) is 0.609. The molecule has 0 aliphatic rings. The van der Waals surface area contributed by atoms with Crippen LogP contribution in [-0.2, 0) is 5.33 Å². The lowest BCUT2D eigenvalue weighted by Gasteiger charge is -2.18. The monoisotopic (exact) mass is 331 g/mol. The van der Waals surface area contributed by atoms with Crippen LogP contribution in [0.5, 0.6) is 11.5 Å². The van der Waals surface area contributed by atoms with Crippen LogP contribution in [0.25, 0.3) is 0 Å². The Hall–Kier alpha value is -1.30. The number of methoxy groups -OCH3 is 1. The zero-order valence-corrected chi connectivity index (χ0v) is 12.9. The Morgan fingerprint density at radius 2 is 1.95 bits per heavy atom. The summed E-state index contributed by atoms with van der Waals surface area (Å²) in [6, 6.07) is 3.08. The Morgan fingerprint density at radius 1 is 1.32 bits per heavy atom. The van der Waals surface area contributed by atoms with Crippen molar-refractivity contribution in [3.63, 3.8) is 0 Å². The molecule has 0 bridgehead atoms. The maximum Gasteiger partial charge on any atom is 0.277 e. The first-order chi connectivity index (χ1) is 9.07. The van der Waals surface area contributed by atoms with Gasteiger partial charge in [-0.1, -0.05) is 29.8 Å². The molecule has 0 aliphatic heterocycles. The first kappa shape index (κ1) is 15.8. The van der Waals surface area contributed by atoms with E-state index in [4.69, 9.17) is 9.47 Å². The van der Waals surface area contributed by atoms with E-state index in [2.05, 4.69) is 15.9 Å². The lowest BCUT2D eigenvalue weighted by Crippen LogP contribution is -2.14. The van der Waals surface area contributed by atoms with Gasteiger partial charge in [-0.3, -0.25) is 10.1 Å². The van der Waals surface area contributed by atoms with Crippen molar-refractivity contribution in [3.8, 4) is 11.5 Å². The van der Waals surface area contributed by atoms with Crippen LogP contribution in [0.15, 0.2) is 12.1 Å². The molecule has 1 aromatic rings. The molecule has 6 heteroatoms. The van der Waals surface area contributed by atoms with Crippen molar-refractivity contribution in [1.29, 1.82) is 0 Å². The normalized spacial score (nSPS) is 10.6. The molecule has 5 nitrogen and oxygen atoms in total. The lowest BCUT2D eigenvalue weighted by atomic mass is 10.1. The number of hydrogen-bond acceptors (Lipinski definition) is 4. The summed E-state index contributed by atoms with van der Waals surface area (Å²) in [7, 11) is 1.53. The van der Waals surface area contributed by atoms with Crippen LogP contribution in [0.1, 0.15) is 32.3 Å². The molecule has 1 rings (SSSR count). The minimum atomic E-state index is -0.407. The van der Waals surface area contributed by atoms with E-state index in [-0.39, 0.29) is 11.8 Å².